The number of imidazole rings is 1. The number of H-pyrrole nitrogens is 1. The number of hydrogen-bond acceptors (Lipinski definition) is 2. The van der Waals surface area contributed by atoms with Crippen molar-refractivity contribution < 1.29 is 0 Å². The van der Waals surface area contributed by atoms with Crippen molar-refractivity contribution in [3.63, 3.8) is 0 Å². The maximum atomic E-state index is 6.34. The highest BCUT2D eigenvalue weighted by Crippen LogP contribution is 2.28. The Balaban J connectivity index is 1.72. The molecule has 0 aliphatic rings. The monoisotopic (exact) mass is 381 g/mol. The maximum Gasteiger partial charge on any atom is 0.124 e. The number of benzene rings is 2. The van der Waals surface area contributed by atoms with E-state index in [2.05, 4.69) is 41.5 Å². The maximum absolute atomic E-state index is 6.34. The number of aromatic amines is 1. The first kappa shape index (κ1) is 19.7. The summed E-state index contributed by atoms with van der Waals surface area (Å²) in [7, 11) is 0. The Morgan fingerprint density at radius 3 is 2.56 bits per heavy atom. The molecular formula is C23H28ClN3. The third kappa shape index (κ3) is 5.69. The average molecular weight is 382 g/mol. The van der Waals surface area contributed by atoms with Crippen molar-refractivity contribution in [2.45, 2.75) is 51.6 Å². The molecule has 0 saturated carbocycles. The Hall–Kier alpha value is -2.10. The summed E-state index contributed by atoms with van der Waals surface area (Å²) in [6.07, 6.45) is 8.02. The summed E-state index contributed by atoms with van der Waals surface area (Å²) < 4.78 is 0. The summed E-state index contributed by atoms with van der Waals surface area (Å²) >= 11 is 6.34. The predicted molar refractivity (Wildman–Crippen MR) is 114 cm³/mol. The molecule has 1 aromatic heterocycles. The third-order valence-corrected chi connectivity index (χ3v) is 5.15. The largest absolute Gasteiger partial charge is 0.347 e. The summed E-state index contributed by atoms with van der Waals surface area (Å²) in [4.78, 5) is 8.23. The molecule has 0 fully saturated rings. The first-order chi connectivity index (χ1) is 13.3. The first-order valence-corrected chi connectivity index (χ1v) is 10.2. The Bertz CT molecular complexity index is 813. The van der Waals surface area contributed by atoms with Crippen LogP contribution in [0.2, 0.25) is 5.02 Å². The van der Waals surface area contributed by atoms with E-state index in [-0.39, 0.29) is 6.04 Å². The summed E-state index contributed by atoms with van der Waals surface area (Å²) in [5, 5.41) is 4.41. The van der Waals surface area contributed by atoms with Crippen LogP contribution in [0.15, 0.2) is 60.8 Å². The van der Waals surface area contributed by atoms with Crippen LogP contribution >= 0.6 is 11.6 Å². The molecule has 0 saturated heterocycles. The van der Waals surface area contributed by atoms with Gasteiger partial charge in [-0.3, -0.25) is 0 Å². The van der Waals surface area contributed by atoms with E-state index in [4.69, 9.17) is 16.6 Å². The Morgan fingerprint density at radius 1 is 1.00 bits per heavy atom. The van der Waals surface area contributed by atoms with Gasteiger partial charge >= 0.3 is 0 Å². The van der Waals surface area contributed by atoms with Crippen LogP contribution in [0.1, 0.15) is 56.5 Å². The molecule has 27 heavy (non-hydrogen) atoms. The minimum absolute atomic E-state index is 0.207. The van der Waals surface area contributed by atoms with Gasteiger partial charge in [-0.15, -0.1) is 0 Å². The van der Waals surface area contributed by atoms with Gasteiger partial charge in [0.2, 0.25) is 0 Å². The van der Waals surface area contributed by atoms with Crippen molar-refractivity contribution in [2.75, 3.05) is 0 Å². The second kappa shape index (κ2) is 10.3. The number of halogens is 1. The minimum atomic E-state index is 0.207. The summed E-state index contributed by atoms with van der Waals surface area (Å²) in [5.74, 6) is 0.984. The van der Waals surface area contributed by atoms with Gasteiger partial charge in [0.1, 0.15) is 5.82 Å². The van der Waals surface area contributed by atoms with Crippen LogP contribution in [0.25, 0.3) is 11.3 Å². The van der Waals surface area contributed by atoms with Gasteiger partial charge in [0.25, 0.3) is 0 Å². The molecule has 142 valence electrons. The first-order valence-electron chi connectivity index (χ1n) is 9.85. The highest BCUT2D eigenvalue weighted by Gasteiger charge is 2.16. The molecule has 0 bridgehead atoms. The van der Waals surface area contributed by atoms with Gasteiger partial charge in [-0.25, -0.2) is 4.98 Å². The molecule has 0 unspecified atom stereocenters. The van der Waals surface area contributed by atoms with E-state index in [1.54, 1.807) is 0 Å². The normalized spacial score (nSPS) is 12.2. The number of rotatable bonds is 10. The van der Waals surface area contributed by atoms with E-state index in [1.807, 2.05) is 36.5 Å². The van der Waals surface area contributed by atoms with Gasteiger partial charge < -0.3 is 10.3 Å². The fourth-order valence-electron chi connectivity index (χ4n) is 3.27. The van der Waals surface area contributed by atoms with Crippen molar-refractivity contribution in [3.8, 4) is 11.3 Å². The Labute approximate surface area is 167 Å². The fourth-order valence-corrected chi connectivity index (χ4v) is 3.50. The molecule has 0 spiro atoms. The standard InChI is InChI=1S/C23H28ClN3/c1-2-3-4-8-15-21(25-16-18-11-6-5-7-12-18)23-26-17-22(27-23)19-13-9-10-14-20(19)24/h5-7,9-14,17,21,25H,2-4,8,15-16H2,1H3,(H,26,27)/t21-/m0/s1. The third-order valence-electron chi connectivity index (χ3n) is 4.82. The number of unbranched alkanes of at least 4 members (excludes halogenated alkanes) is 3. The number of aromatic nitrogens is 2. The van der Waals surface area contributed by atoms with Crippen LogP contribution in [-0.4, -0.2) is 9.97 Å². The smallest absolute Gasteiger partial charge is 0.124 e. The van der Waals surface area contributed by atoms with Crippen LogP contribution in [0.3, 0.4) is 0 Å². The van der Waals surface area contributed by atoms with E-state index in [1.165, 1.54) is 31.2 Å². The quantitative estimate of drug-likeness (QED) is 0.392. The lowest BCUT2D eigenvalue weighted by Gasteiger charge is -2.17. The second-order valence-corrected chi connectivity index (χ2v) is 7.33. The number of nitrogens with one attached hydrogen (secondary N) is 2. The molecule has 2 aromatic carbocycles. The summed E-state index contributed by atoms with van der Waals surface area (Å²) in [6.45, 7) is 3.08. The molecule has 0 aliphatic heterocycles. The Kier molecular flexibility index (Phi) is 7.49. The van der Waals surface area contributed by atoms with Crippen molar-refractivity contribution in [3.05, 3.63) is 77.2 Å². The number of nitrogens with zero attached hydrogens (tertiary/aromatic N) is 1. The molecule has 3 aromatic rings. The molecule has 0 radical (unpaired) electrons. The summed E-state index contributed by atoms with van der Waals surface area (Å²) in [6, 6.07) is 18.6. The van der Waals surface area contributed by atoms with Crippen molar-refractivity contribution >= 4 is 11.6 Å². The van der Waals surface area contributed by atoms with Crippen LogP contribution in [-0.2, 0) is 6.54 Å². The van der Waals surface area contributed by atoms with Crippen LogP contribution in [0.5, 0.6) is 0 Å². The van der Waals surface area contributed by atoms with Crippen molar-refractivity contribution in [2.24, 2.45) is 0 Å². The molecule has 4 heteroatoms. The zero-order chi connectivity index (χ0) is 18.9. The zero-order valence-corrected chi connectivity index (χ0v) is 16.7. The molecule has 0 amide bonds. The van der Waals surface area contributed by atoms with Crippen molar-refractivity contribution in [1.82, 2.24) is 15.3 Å². The topological polar surface area (TPSA) is 40.7 Å². The highest BCUT2D eigenvalue weighted by molar-refractivity contribution is 6.33. The lowest BCUT2D eigenvalue weighted by atomic mass is 10.1. The molecule has 0 aliphatic carbocycles. The molecule has 3 rings (SSSR count). The van der Waals surface area contributed by atoms with Gasteiger partial charge in [0.15, 0.2) is 0 Å². The van der Waals surface area contributed by atoms with Crippen molar-refractivity contribution in [1.29, 1.82) is 0 Å². The lowest BCUT2D eigenvalue weighted by molar-refractivity contribution is 0.453. The van der Waals surface area contributed by atoms with Gasteiger partial charge in [-0.2, -0.15) is 0 Å². The van der Waals surface area contributed by atoms with Gasteiger partial charge in [0, 0.05) is 18.3 Å². The van der Waals surface area contributed by atoms with E-state index >= 15 is 0 Å². The molecule has 1 atom stereocenters. The molecule has 3 nitrogen and oxygen atoms in total. The SMILES string of the molecule is CCCCCC[C@H](NCc1ccccc1)c1nc(-c2ccccc2Cl)c[nH]1. The lowest BCUT2D eigenvalue weighted by Crippen LogP contribution is -2.22. The molecule has 2 N–H and O–H groups in total. The Morgan fingerprint density at radius 2 is 1.78 bits per heavy atom. The van der Waals surface area contributed by atoms with E-state index < -0.39 is 0 Å². The highest BCUT2D eigenvalue weighted by atomic mass is 35.5. The minimum Gasteiger partial charge on any atom is -0.347 e. The van der Waals surface area contributed by atoms with E-state index in [0.29, 0.717) is 0 Å². The second-order valence-electron chi connectivity index (χ2n) is 6.92. The van der Waals surface area contributed by atoms with Gasteiger partial charge in [0.05, 0.1) is 16.8 Å². The van der Waals surface area contributed by atoms with Gasteiger partial charge in [-0.05, 0) is 18.1 Å². The average Bonchev–Trinajstić information content (AvgIpc) is 3.18. The van der Waals surface area contributed by atoms with Crippen LogP contribution in [0, 0.1) is 0 Å². The van der Waals surface area contributed by atoms with Gasteiger partial charge in [-0.1, -0.05) is 92.7 Å². The van der Waals surface area contributed by atoms with Crippen LogP contribution < -0.4 is 5.32 Å². The van der Waals surface area contributed by atoms with E-state index in [9.17, 15) is 0 Å². The zero-order valence-electron chi connectivity index (χ0n) is 15.9. The predicted octanol–water partition coefficient (Wildman–Crippen LogP) is 6.53. The van der Waals surface area contributed by atoms with Crippen LogP contribution in [0.4, 0.5) is 0 Å². The number of hydrogen-bond donors (Lipinski definition) is 2. The fraction of sp³-hybridized carbons (Fsp3) is 0.348. The van der Waals surface area contributed by atoms with E-state index in [0.717, 1.165) is 35.1 Å². The molecular weight excluding hydrogens is 354 g/mol. The summed E-state index contributed by atoms with van der Waals surface area (Å²) in [5.41, 5.74) is 3.15. The molecule has 1 heterocycles.